The van der Waals surface area contributed by atoms with Gasteiger partial charge < -0.3 is 21.1 Å². The number of carbonyl (C=O) groups is 1. The van der Waals surface area contributed by atoms with E-state index in [1.165, 1.54) is 0 Å². The van der Waals surface area contributed by atoms with E-state index >= 15 is 4.39 Å². The van der Waals surface area contributed by atoms with Crippen LogP contribution in [0.5, 0.6) is 0 Å². The average molecular weight is 442 g/mol. The number of halogens is 2. The molecule has 6 N–H and O–H groups in total. The Labute approximate surface area is 181 Å². The molecule has 7 unspecified atom stereocenters. The number of nitrogens with zero attached hydrogens (tertiary/aromatic N) is 2. The molecule has 9 nitrogen and oxygen atoms in total. The van der Waals surface area contributed by atoms with Crippen LogP contribution in [-0.4, -0.2) is 105 Å². The van der Waals surface area contributed by atoms with Crippen LogP contribution in [0.4, 0.5) is 8.78 Å². The van der Waals surface area contributed by atoms with Crippen molar-refractivity contribution in [1.29, 1.82) is 0 Å². The lowest BCUT2D eigenvalue weighted by molar-refractivity contribution is -0.128. The second-order valence-electron chi connectivity index (χ2n) is 9.31. The number of ether oxygens (including phenoxy) is 1. The second-order valence-corrected chi connectivity index (χ2v) is 9.31. The van der Waals surface area contributed by atoms with E-state index in [4.69, 9.17) is 10.5 Å². The molecule has 4 fully saturated rings. The van der Waals surface area contributed by atoms with Crippen LogP contribution in [0.25, 0.3) is 0 Å². The van der Waals surface area contributed by atoms with Gasteiger partial charge in [0.2, 0.25) is 5.91 Å². The Balaban J connectivity index is 1.26. The van der Waals surface area contributed by atoms with Crippen LogP contribution in [0, 0.1) is 11.8 Å². The molecule has 5 aliphatic heterocycles. The molecule has 0 spiro atoms. The lowest BCUT2D eigenvalue weighted by Gasteiger charge is -2.42. The van der Waals surface area contributed by atoms with Gasteiger partial charge in [-0.05, 0) is 6.42 Å². The zero-order chi connectivity index (χ0) is 21.5. The van der Waals surface area contributed by atoms with Crippen LogP contribution in [-0.2, 0) is 9.53 Å². The number of nitrogens with one attached hydrogen (secondary N) is 4. The van der Waals surface area contributed by atoms with Gasteiger partial charge in [-0.1, -0.05) is 11.6 Å². The number of hydrogen-bond donors (Lipinski definition) is 5. The number of nitrogens with two attached hydrogens (primary N) is 1. The Morgan fingerprint density at radius 3 is 2.81 bits per heavy atom. The van der Waals surface area contributed by atoms with Crippen LogP contribution >= 0.6 is 0 Å². The van der Waals surface area contributed by atoms with E-state index < -0.39 is 24.4 Å². The maximum atomic E-state index is 15.0. The van der Waals surface area contributed by atoms with E-state index in [9.17, 15) is 9.18 Å². The summed E-state index contributed by atoms with van der Waals surface area (Å²) in [7, 11) is 0. The number of rotatable bonds is 4. The summed E-state index contributed by atoms with van der Waals surface area (Å²) in [6.45, 7) is 4.40. The number of hydrogen-bond acceptors (Lipinski definition) is 8. The second kappa shape index (κ2) is 8.97. The first-order valence-electron chi connectivity index (χ1n) is 11.3. The van der Waals surface area contributed by atoms with Crippen molar-refractivity contribution in [2.24, 2.45) is 17.6 Å². The molecule has 5 aliphatic rings. The summed E-state index contributed by atoms with van der Waals surface area (Å²) < 4.78 is 34.0. The Morgan fingerprint density at radius 2 is 2.10 bits per heavy atom. The van der Waals surface area contributed by atoms with Crippen molar-refractivity contribution < 1.29 is 18.3 Å². The predicted molar refractivity (Wildman–Crippen MR) is 110 cm³/mol. The van der Waals surface area contributed by atoms with Gasteiger partial charge >= 0.3 is 0 Å². The highest BCUT2D eigenvalue weighted by molar-refractivity contribution is 5.81. The fourth-order valence-electron chi connectivity index (χ4n) is 5.54. The van der Waals surface area contributed by atoms with Crippen molar-refractivity contribution in [3.8, 4) is 0 Å². The topological polar surface area (TPSA) is 107 Å². The number of piperidine rings is 1. The van der Waals surface area contributed by atoms with Gasteiger partial charge in [-0.25, -0.2) is 19.2 Å². The minimum absolute atomic E-state index is 0.185. The molecule has 5 rings (SSSR count). The van der Waals surface area contributed by atoms with Crippen LogP contribution in [0.3, 0.4) is 0 Å². The van der Waals surface area contributed by atoms with Crippen molar-refractivity contribution >= 4 is 5.91 Å². The monoisotopic (exact) mass is 441 g/mol. The van der Waals surface area contributed by atoms with Crippen LogP contribution < -0.4 is 27.1 Å². The zero-order valence-electron chi connectivity index (χ0n) is 17.6. The number of fused-ring (bicyclic) bond motifs is 1. The van der Waals surface area contributed by atoms with Gasteiger partial charge in [-0.3, -0.25) is 15.0 Å². The highest BCUT2D eigenvalue weighted by Gasteiger charge is 2.48. The van der Waals surface area contributed by atoms with E-state index in [0.29, 0.717) is 12.6 Å². The SMILES string of the molecule is NC1NN2CC(F)CNC2C1C(=O)NC1CNCC(F)C1C1=CCN(C2COC2)CC1. The van der Waals surface area contributed by atoms with Gasteiger partial charge in [-0.15, -0.1) is 0 Å². The number of hydrazine groups is 1. The maximum absolute atomic E-state index is 15.0. The molecule has 0 bridgehead atoms. The van der Waals surface area contributed by atoms with Crippen LogP contribution in [0.15, 0.2) is 11.6 Å². The fraction of sp³-hybridized carbons (Fsp3) is 0.850. The molecule has 7 atom stereocenters. The third-order valence-electron chi connectivity index (χ3n) is 7.32. The molecule has 0 radical (unpaired) electrons. The van der Waals surface area contributed by atoms with Crippen molar-refractivity contribution in [3.05, 3.63) is 11.6 Å². The van der Waals surface area contributed by atoms with Crippen molar-refractivity contribution in [3.63, 3.8) is 0 Å². The maximum Gasteiger partial charge on any atom is 0.229 e. The molecule has 4 saturated heterocycles. The molecule has 174 valence electrons. The lowest BCUT2D eigenvalue weighted by Crippen LogP contribution is -2.62. The molecule has 31 heavy (non-hydrogen) atoms. The Kier molecular flexibility index (Phi) is 6.26. The normalized spacial score (nSPS) is 42.5. The van der Waals surface area contributed by atoms with E-state index in [-0.39, 0.29) is 43.7 Å². The van der Waals surface area contributed by atoms with E-state index in [1.807, 2.05) is 0 Å². The van der Waals surface area contributed by atoms with Gasteiger partial charge in [0, 0.05) is 45.2 Å². The number of amides is 1. The third-order valence-corrected chi connectivity index (χ3v) is 7.32. The molecule has 0 aromatic heterocycles. The average Bonchev–Trinajstić information content (AvgIpc) is 3.02. The Bertz CT molecular complexity index is 709. The third kappa shape index (κ3) is 4.24. The molecule has 0 aromatic carbocycles. The standard InChI is InChI=1S/C20H33F2N7O2/c21-12-5-25-19-17(18(23)27-29(19)8-12)20(30)26-15-7-24-6-14(22)16(15)11-1-3-28(4-2-11)13-9-31-10-13/h1,12-19,24-25,27H,2-10,23H2,(H,26,30). The molecular weight excluding hydrogens is 408 g/mol. The summed E-state index contributed by atoms with van der Waals surface area (Å²) >= 11 is 0. The van der Waals surface area contributed by atoms with Crippen LogP contribution in [0.2, 0.25) is 0 Å². The molecule has 0 aromatic rings. The summed E-state index contributed by atoms with van der Waals surface area (Å²) in [5.74, 6) is -1.16. The van der Waals surface area contributed by atoms with E-state index in [0.717, 1.165) is 38.3 Å². The van der Waals surface area contributed by atoms with E-state index in [1.54, 1.807) is 5.01 Å². The van der Waals surface area contributed by atoms with Crippen LogP contribution in [0.1, 0.15) is 6.42 Å². The van der Waals surface area contributed by atoms with Gasteiger partial charge in [0.05, 0.1) is 43.5 Å². The van der Waals surface area contributed by atoms with Crippen molar-refractivity contribution in [1.82, 2.24) is 31.3 Å². The molecule has 1 amide bonds. The number of carbonyl (C=O) groups excluding carboxylic acids is 1. The molecule has 11 heteroatoms. The molecule has 5 heterocycles. The highest BCUT2D eigenvalue weighted by atomic mass is 19.1. The largest absolute Gasteiger partial charge is 0.378 e. The van der Waals surface area contributed by atoms with Crippen molar-refractivity contribution in [2.45, 2.75) is 43.2 Å². The molecule has 0 aliphatic carbocycles. The predicted octanol–water partition coefficient (Wildman–Crippen LogP) is -1.95. The fourth-order valence-corrected chi connectivity index (χ4v) is 5.54. The molecule has 0 saturated carbocycles. The van der Waals surface area contributed by atoms with Gasteiger partial charge in [0.1, 0.15) is 12.3 Å². The summed E-state index contributed by atoms with van der Waals surface area (Å²) in [5.41, 5.74) is 10.2. The minimum atomic E-state index is -1.06. The van der Waals surface area contributed by atoms with Crippen molar-refractivity contribution in [2.75, 3.05) is 52.5 Å². The quantitative estimate of drug-likeness (QED) is 0.321. The first-order valence-corrected chi connectivity index (χ1v) is 11.3. The summed E-state index contributed by atoms with van der Waals surface area (Å²) in [4.78, 5) is 15.6. The smallest absolute Gasteiger partial charge is 0.229 e. The summed E-state index contributed by atoms with van der Waals surface area (Å²) in [6, 6.07) is 0.119. The summed E-state index contributed by atoms with van der Waals surface area (Å²) in [5, 5.41) is 10.9. The Morgan fingerprint density at radius 1 is 1.26 bits per heavy atom. The van der Waals surface area contributed by atoms with Gasteiger partial charge in [0.25, 0.3) is 0 Å². The molecular formula is C20H33F2N7O2. The van der Waals surface area contributed by atoms with E-state index in [2.05, 4.69) is 32.4 Å². The first-order chi connectivity index (χ1) is 15.0. The first kappa shape index (κ1) is 21.6. The lowest BCUT2D eigenvalue weighted by atomic mass is 9.81. The highest BCUT2D eigenvalue weighted by Crippen LogP contribution is 2.31. The minimum Gasteiger partial charge on any atom is -0.378 e. The van der Waals surface area contributed by atoms with Gasteiger partial charge in [0.15, 0.2) is 0 Å². The summed E-state index contributed by atoms with van der Waals surface area (Å²) in [6.07, 6.45) is -0.124. The zero-order valence-corrected chi connectivity index (χ0v) is 17.6. The Hall–Kier alpha value is -1.21. The number of alkyl halides is 2. The van der Waals surface area contributed by atoms with Gasteiger partial charge in [-0.2, -0.15) is 0 Å².